The van der Waals surface area contributed by atoms with Crippen LogP contribution in [0.2, 0.25) is 0 Å². The predicted molar refractivity (Wildman–Crippen MR) is 87.0 cm³/mol. The molecule has 3 unspecified atom stereocenters. The first-order chi connectivity index (χ1) is 9.52. The largest absolute Gasteiger partial charge is 0.488 e. The molecule has 3 nitrogen and oxygen atoms in total. The summed E-state index contributed by atoms with van der Waals surface area (Å²) in [6.45, 7) is 5.36. The van der Waals surface area contributed by atoms with Gasteiger partial charge in [-0.2, -0.15) is 0 Å². The molecule has 0 aromatic heterocycles. The van der Waals surface area contributed by atoms with Crippen LogP contribution in [-0.4, -0.2) is 37.4 Å². The van der Waals surface area contributed by atoms with Crippen molar-refractivity contribution in [1.29, 1.82) is 0 Å². The molecule has 1 fully saturated rings. The zero-order valence-corrected chi connectivity index (χ0v) is 15.2. The van der Waals surface area contributed by atoms with Crippen molar-refractivity contribution in [2.75, 3.05) is 20.3 Å². The monoisotopic (exact) mass is 406 g/mol. The summed E-state index contributed by atoms with van der Waals surface area (Å²) in [4.78, 5) is 0.363. The second-order valence-corrected chi connectivity index (χ2v) is 7.08. The van der Waals surface area contributed by atoms with Crippen LogP contribution in [-0.2, 0) is 9.47 Å². The van der Waals surface area contributed by atoms with Crippen molar-refractivity contribution in [3.63, 3.8) is 0 Å². The maximum atomic E-state index is 6.06. The lowest BCUT2D eigenvalue weighted by Crippen LogP contribution is -2.52. The van der Waals surface area contributed by atoms with Crippen molar-refractivity contribution in [2.24, 2.45) is 0 Å². The summed E-state index contributed by atoms with van der Waals surface area (Å²) in [7, 11) is 1.68. The Kier molecular flexibility index (Phi) is 5.90. The van der Waals surface area contributed by atoms with E-state index in [1.807, 2.05) is 0 Å². The molecule has 0 radical (unpaired) electrons. The Labute approximate surface area is 137 Å². The molecule has 0 bridgehead atoms. The van der Waals surface area contributed by atoms with E-state index in [0.29, 0.717) is 18.0 Å². The Balaban J connectivity index is 1.96. The van der Waals surface area contributed by atoms with Crippen molar-refractivity contribution in [3.8, 4) is 5.75 Å². The average molecular weight is 408 g/mol. The van der Waals surface area contributed by atoms with E-state index in [-0.39, 0.29) is 12.2 Å². The van der Waals surface area contributed by atoms with E-state index < -0.39 is 0 Å². The van der Waals surface area contributed by atoms with Gasteiger partial charge in [-0.3, -0.25) is 0 Å². The van der Waals surface area contributed by atoms with E-state index in [0.717, 1.165) is 16.6 Å². The Morgan fingerprint density at radius 3 is 2.40 bits per heavy atom. The van der Waals surface area contributed by atoms with Gasteiger partial charge in [-0.05, 0) is 37.1 Å². The molecule has 1 aromatic rings. The van der Waals surface area contributed by atoms with Gasteiger partial charge in [-0.25, -0.2) is 0 Å². The fourth-order valence-corrected chi connectivity index (χ4v) is 3.36. The van der Waals surface area contributed by atoms with Gasteiger partial charge in [0.2, 0.25) is 0 Å². The number of hydrogen-bond acceptors (Lipinski definition) is 3. The van der Waals surface area contributed by atoms with Crippen molar-refractivity contribution in [2.45, 2.75) is 37.3 Å². The van der Waals surface area contributed by atoms with Crippen LogP contribution < -0.4 is 4.74 Å². The first-order valence-electron chi connectivity index (χ1n) is 6.71. The minimum absolute atomic E-state index is 0.0920. The molecule has 1 aliphatic rings. The fraction of sp³-hybridized carbons (Fsp3) is 0.600. The van der Waals surface area contributed by atoms with Crippen LogP contribution in [0.4, 0.5) is 0 Å². The van der Waals surface area contributed by atoms with Gasteiger partial charge in [0, 0.05) is 22.8 Å². The van der Waals surface area contributed by atoms with E-state index in [1.54, 1.807) is 7.11 Å². The number of hydrogen-bond donors (Lipinski definition) is 0. The van der Waals surface area contributed by atoms with E-state index in [4.69, 9.17) is 14.2 Å². The summed E-state index contributed by atoms with van der Waals surface area (Å²) in [5, 5.41) is 0. The Hall–Kier alpha value is -0.100. The van der Waals surface area contributed by atoms with E-state index >= 15 is 0 Å². The molecule has 3 atom stereocenters. The van der Waals surface area contributed by atoms with Gasteiger partial charge in [-0.15, -0.1) is 0 Å². The lowest BCUT2D eigenvalue weighted by atomic mass is 9.91. The summed E-state index contributed by atoms with van der Waals surface area (Å²) in [5.41, 5.74) is 2.37. The normalized spacial score (nSPS) is 25.4. The minimum atomic E-state index is 0.0920. The molecule has 0 amide bonds. The van der Waals surface area contributed by atoms with Crippen LogP contribution in [0.1, 0.15) is 17.5 Å². The van der Waals surface area contributed by atoms with Gasteiger partial charge in [0.25, 0.3) is 0 Å². The molecule has 1 aliphatic carbocycles. The summed E-state index contributed by atoms with van der Waals surface area (Å²) >= 11 is 7.19. The van der Waals surface area contributed by atoms with Gasteiger partial charge in [0.15, 0.2) is 0 Å². The predicted octanol–water partition coefficient (Wildman–Crippen LogP) is 4.01. The minimum Gasteiger partial charge on any atom is -0.488 e. The Morgan fingerprint density at radius 1 is 1.20 bits per heavy atom. The zero-order valence-electron chi connectivity index (χ0n) is 12.0. The molecule has 1 saturated carbocycles. The number of alkyl halides is 1. The fourth-order valence-electron chi connectivity index (χ4n) is 2.27. The van der Waals surface area contributed by atoms with Gasteiger partial charge in [0.1, 0.15) is 18.0 Å². The SMILES string of the molecule is COCCOC1C(Br)CC1Oc1cc(C)c(Br)c(C)c1. The van der Waals surface area contributed by atoms with Crippen molar-refractivity contribution < 1.29 is 14.2 Å². The molecule has 112 valence electrons. The topological polar surface area (TPSA) is 27.7 Å². The summed E-state index contributed by atoms with van der Waals surface area (Å²) < 4.78 is 18.0. The number of ether oxygens (including phenoxy) is 3. The number of benzene rings is 1. The van der Waals surface area contributed by atoms with Crippen LogP contribution in [0, 0.1) is 13.8 Å². The molecule has 5 heteroatoms. The van der Waals surface area contributed by atoms with E-state index in [2.05, 4.69) is 57.8 Å². The molecule has 0 heterocycles. The van der Waals surface area contributed by atoms with Crippen molar-refractivity contribution >= 4 is 31.9 Å². The quantitative estimate of drug-likeness (QED) is 0.526. The Morgan fingerprint density at radius 2 is 1.85 bits per heavy atom. The van der Waals surface area contributed by atoms with E-state index in [9.17, 15) is 0 Å². The molecule has 2 rings (SSSR count). The molecule has 0 saturated heterocycles. The highest BCUT2D eigenvalue weighted by atomic mass is 79.9. The lowest BCUT2D eigenvalue weighted by Gasteiger charge is -2.41. The van der Waals surface area contributed by atoms with Crippen LogP contribution in [0.5, 0.6) is 5.75 Å². The third-order valence-electron chi connectivity index (χ3n) is 3.48. The number of methoxy groups -OCH3 is 1. The first kappa shape index (κ1) is 16.3. The smallest absolute Gasteiger partial charge is 0.127 e. The highest BCUT2D eigenvalue weighted by Crippen LogP contribution is 2.35. The molecule has 0 aliphatic heterocycles. The standard InChI is InChI=1S/C15H20Br2O3/c1-9-6-11(7-10(2)14(9)17)20-13-8-12(16)15(13)19-5-4-18-3/h6-7,12-13,15H,4-5,8H2,1-3H3. The van der Waals surface area contributed by atoms with Crippen LogP contribution >= 0.6 is 31.9 Å². The molecule has 0 spiro atoms. The second-order valence-electron chi connectivity index (χ2n) is 5.11. The summed E-state index contributed by atoms with van der Waals surface area (Å²) in [6, 6.07) is 4.12. The van der Waals surface area contributed by atoms with Crippen molar-refractivity contribution in [3.05, 3.63) is 27.7 Å². The third-order valence-corrected chi connectivity index (χ3v) is 5.62. The number of halogens is 2. The lowest BCUT2D eigenvalue weighted by molar-refractivity contribution is -0.0865. The van der Waals surface area contributed by atoms with Gasteiger partial charge >= 0.3 is 0 Å². The highest BCUT2D eigenvalue weighted by Gasteiger charge is 2.42. The maximum absolute atomic E-state index is 6.06. The van der Waals surface area contributed by atoms with Gasteiger partial charge in [-0.1, -0.05) is 31.9 Å². The molecular weight excluding hydrogens is 388 g/mol. The first-order valence-corrected chi connectivity index (χ1v) is 8.41. The number of aryl methyl sites for hydroxylation is 2. The average Bonchev–Trinajstić information content (AvgIpc) is 2.40. The molecular formula is C15H20Br2O3. The summed E-state index contributed by atoms with van der Waals surface area (Å²) in [5.74, 6) is 0.910. The van der Waals surface area contributed by atoms with Crippen molar-refractivity contribution in [1.82, 2.24) is 0 Å². The zero-order chi connectivity index (χ0) is 14.7. The highest BCUT2D eigenvalue weighted by molar-refractivity contribution is 9.10. The van der Waals surface area contributed by atoms with Gasteiger partial charge < -0.3 is 14.2 Å². The second kappa shape index (κ2) is 7.25. The van der Waals surface area contributed by atoms with Crippen LogP contribution in [0.25, 0.3) is 0 Å². The van der Waals surface area contributed by atoms with E-state index in [1.165, 1.54) is 11.1 Å². The molecule has 20 heavy (non-hydrogen) atoms. The molecule has 0 N–H and O–H groups in total. The van der Waals surface area contributed by atoms with Crippen LogP contribution in [0.3, 0.4) is 0 Å². The van der Waals surface area contributed by atoms with Gasteiger partial charge in [0.05, 0.1) is 13.2 Å². The van der Waals surface area contributed by atoms with Crippen LogP contribution in [0.15, 0.2) is 16.6 Å². The Bertz CT molecular complexity index is 441. The number of rotatable bonds is 6. The third kappa shape index (κ3) is 3.75. The maximum Gasteiger partial charge on any atom is 0.127 e. The summed E-state index contributed by atoms with van der Waals surface area (Å²) in [6.07, 6.45) is 1.16. The molecule has 1 aromatic carbocycles.